The number of benzene rings is 1. The van der Waals surface area contributed by atoms with Crippen LogP contribution in [0.2, 0.25) is 0 Å². The number of allylic oxidation sites excluding steroid dienone is 3. The molecule has 1 aliphatic rings. The molecule has 0 aromatic heterocycles. The van der Waals surface area contributed by atoms with Gasteiger partial charge in [0.15, 0.2) is 0 Å². The number of aliphatic hydroxyl groups is 1. The summed E-state index contributed by atoms with van der Waals surface area (Å²) in [5.74, 6) is 0.245. The lowest BCUT2D eigenvalue weighted by molar-refractivity contribution is -0.129. The zero-order chi connectivity index (χ0) is 24.6. The predicted molar refractivity (Wildman–Crippen MR) is 132 cm³/mol. The molecule has 182 valence electrons. The molecule has 7 heteroatoms. The Morgan fingerprint density at radius 1 is 1.18 bits per heavy atom. The second-order valence-corrected chi connectivity index (χ2v) is 9.81. The molecule has 1 atom stereocenters. The molecule has 0 fully saturated rings. The number of nitrogens with one attached hydrogen (secondary N) is 1. The highest BCUT2D eigenvalue weighted by Gasteiger charge is 2.19. The third kappa shape index (κ3) is 9.02. The molecule has 0 spiro atoms. The fraction of sp³-hybridized carbons (Fsp3) is 0.538. The van der Waals surface area contributed by atoms with Crippen molar-refractivity contribution < 1.29 is 19.4 Å². The fourth-order valence-electron chi connectivity index (χ4n) is 3.71. The molecule has 1 aromatic rings. The van der Waals surface area contributed by atoms with E-state index in [-0.39, 0.29) is 19.1 Å². The van der Waals surface area contributed by atoms with Crippen molar-refractivity contribution in [2.24, 2.45) is 5.92 Å². The van der Waals surface area contributed by atoms with Crippen molar-refractivity contribution in [1.82, 2.24) is 15.1 Å². The molecule has 0 bridgehead atoms. The first-order chi connectivity index (χ1) is 15.5. The van der Waals surface area contributed by atoms with Crippen LogP contribution < -0.4 is 5.32 Å². The Balaban J connectivity index is 1.97. The van der Waals surface area contributed by atoms with Crippen LogP contribution in [-0.4, -0.2) is 72.8 Å². The van der Waals surface area contributed by atoms with E-state index in [0.29, 0.717) is 19.0 Å². The van der Waals surface area contributed by atoms with E-state index in [9.17, 15) is 9.59 Å². The minimum atomic E-state index is -0.601. The van der Waals surface area contributed by atoms with Gasteiger partial charge in [-0.25, -0.2) is 4.79 Å². The first kappa shape index (κ1) is 26.6. The van der Waals surface area contributed by atoms with E-state index in [4.69, 9.17) is 9.84 Å². The Morgan fingerprint density at radius 3 is 2.55 bits per heavy atom. The maximum atomic E-state index is 12.4. The molecule has 0 saturated carbocycles. The van der Waals surface area contributed by atoms with Crippen LogP contribution in [0.25, 0.3) is 5.57 Å². The first-order valence-electron chi connectivity index (χ1n) is 11.5. The Morgan fingerprint density at radius 2 is 1.91 bits per heavy atom. The highest BCUT2D eigenvalue weighted by atomic mass is 16.6. The van der Waals surface area contributed by atoms with E-state index in [1.165, 1.54) is 11.1 Å². The normalized spacial score (nSPS) is 16.2. The van der Waals surface area contributed by atoms with Gasteiger partial charge in [0.05, 0.1) is 6.61 Å². The molecule has 2 N–H and O–H groups in total. The zero-order valence-electron chi connectivity index (χ0n) is 20.9. The molecule has 2 amide bonds. The van der Waals surface area contributed by atoms with Gasteiger partial charge in [0, 0.05) is 26.7 Å². The number of ether oxygens (including phenoxy) is 1. The summed E-state index contributed by atoms with van der Waals surface area (Å²) in [6.45, 7) is 9.62. The number of nitrogens with zero attached hydrogens (tertiary/aromatic N) is 2. The maximum absolute atomic E-state index is 12.4. The minimum absolute atomic E-state index is 0.105. The van der Waals surface area contributed by atoms with E-state index < -0.39 is 11.7 Å². The number of aliphatic hydroxyl groups excluding tert-OH is 1. The number of rotatable bonds is 9. The second-order valence-electron chi connectivity index (χ2n) is 9.81. The highest BCUT2D eigenvalue weighted by molar-refractivity contribution is 5.82. The smallest absolute Gasteiger partial charge is 0.408 e. The molecule has 0 saturated heterocycles. The largest absolute Gasteiger partial charge is 0.444 e. The molecule has 33 heavy (non-hydrogen) atoms. The van der Waals surface area contributed by atoms with Gasteiger partial charge in [0.25, 0.3) is 0 Å². The number of alkyl carbamates (subject to hydrolysis) is 1. The van der Waals surface area contributed by atoms with Crippen molar-refractivity contribution in [2.45, 2.75) is 46.3 Å². The summed E-state index contributed by atoms with van der Waals surface area (Å²) < 4.78 is 5.17. The highest BCUT2D eigenvalue weighted by Crippen LogP contribution is 2.31. The van der Waals surface area contributed by atoms with Gasteiger partial charge in [-0.05, 0) is 62.9 Å². The minimum Gasteiger partial charge on any atom is -0.444 e. The SMILES string of the molecule is CC1CC(c2cccc(CN(C)C(=O)CNC(=O)OC(C)(C)C)c2)=CC=C1CN(C)CCO. The van der Waals surface area contributed by atoms with Crippen molar-refractivity contribution >= 4 is 17.6 Å². The molecular formula is C26H39N3O4. The number of carbonyl (C=O) groups is 2. The van der Waals surface area contributed by atoms with Gasteiger partial charge in [0.2, 0.25) is 5.91 Å². The Kier molecular flexibility index (Phi) is 9.68. The summed E-state index contributed by atoms with van der Waals surface area (Å²) in [7, 11) is 3.75. The van der Waals surface area contributed by atoms with Crippen LogP contribution in [0.15, 0.2) is 42.0 Å². The number of hydrogen-bond donors (Lipinski definition) is 2. The molecule has 1 aliphatic carbocycles. The average molecular weight is 458 g/mol. The van der Waals surface area contributed by atoms with Gasteiger partial charge in [0.1, 0.15) is 12.1 Å². The Labute approximate surface area is 198 Å². The van der Waals surface area contributed by atoms with Crippen LogP contribution >= 0.6 is 0 Å². The summed E-state index contributed by atoms with van der Waals surface area (Å²) in [6.07, 6.45) is 4.74. The van der Waals surface area contributed by atoms with Crippen LogP contribution in [-0.2, 0) is 16.1 Å². The quantitative estimate of drug-likeness (QED) is 0.594. The van der Waals surface area contributed by atoms with Crippen LogP contribution in [0.3, 0.4) is 0 Å². The van der Waals surface area contributed by atoms with E-state index in [1.807, 2.05) is 19.2 Å². The van der Waals surface area contributed by atoms with Crippen molar-refractivity contribution in [1.29, 1.82) is 0 Å². The van der Waals surface area contributed by atoms with Crippen molar-refractivity contribution in [3.63, 3.8) is 0 Å². The average Bonchev–Trinajstić information content (AvgIpc) is 2.72. The van der Waals surface area contributed by atoms with E-state index in [2.05, 4.69) is 41.4 Å². The zero-order valence-corrected chi connectivity index (χ0v) is 20.9. The molecule has 0 heterocycles. The lowest BCUT2D eigenvalue weighted by Crippen LogP contribution is -2.40. The maximum Gasteiger partial charge on any atom is 0.408 e. The monoisotopic (exact) mass is 457 g/mol. The summed E-state index contributed by atoms with van der Waals surface area (Å²) in [5, 5.41) is 11.6. The number of hydrogen-bond acceptors (Lipinski definition) is 5. The number of carbonyl (C=O) groups excluding carboxylic acids is 2. The fourth-order valence-corrected chi connectivity index (χ4v) is 3.71. The first-order valence-corrected chi connectivity index (χ1v) is 11.5. The molecule has 1 aromatic carbocycles. The second kappa shape index (κ2) is 12.0. The number of amides is 2. The van der Waals surface area contributed by atoms with Crippen LogP contribution in [0.1, 0.15) is 45.2 Å². The van der Waals surface area contributed by atoms with E-state index >= 15 is 0 Å². The van der Waals surface area contributed by atoms with Crippen LogP contribution in [0, 0.1) is 5.92 Å². The lowest BCUT2D eigenvalue weighted by atomic mass is 9.85. The van der Waals surface area contributed by atoms with E-state index in [1.54, 1.807) is 32.7 Å². The molecule has 0 radical (unpaired) electrons. The van der Waals surface area contributed by atoms with Gasteiger partial charge in [-0.15, -0.1) is 0 Å². The van der Waals surface area contributed by atoms with Crippen molar-refractivity contribution in [2.75, 3.05) is 40.3 Å². The number of likely N-dealkylation sites (N-methyl/N-ethyl adjacent to an activating group) is 2. The summed E-state index contributed by atoms with van der Waals surface area (Å²) in [5.41, 5.74) is 4.24. The lowest BCUT2D eigenvalue weighted by Gasteiger charge is -2.26. The standard InChI is InChI=1S/C26H39N3O4/c1-19-14-22(10-11-23(19)18-28(5)12-13-30)21-9-7-8-20(15-21)17-29(6)24(31)16-27-25(32)33-26(2,3)4/h7-11,15,19,30H,12-14,16-18H2,1-6H3,(H,27,32). The van der Waals surface area contributed by atoms with Crippen LogP contribution in [0.5, 0.6) is 0 Å². The van der Waals surface area contributed by atoms with Gasteiger partial charge in [-0.3, -0.25) is 4.79 Å². The summed E-state index contributed by atoms with van der Waals surface area (Å²) in [4.78, 5) is 27.9. The summed E-state index contributed by atoms with van der Waals surface area (Å²) >= 11 is 0. The van der Waals surface area contributed by atoms with Crippen molar-refractivity contribution in [3.05, 3.63) is 53.1 Å². The third-order valence-electron chi connectivity index (χ3n) is 5.52. The molecule has 2 rings (SSSR count). The topological polar surface area (TPSA) is 82.1 Å². The predicted octanol–water partition coefficient (Wildman–Crippen LogP) is 3.44. The third-order valence-corrected chi connectivity index (χ3v) is 5.52. The van der Waals surface area contributed by atoms with Gasteiger partial charge >= 0.3 is 6.09 Å². The van der Waals surface area contributed by atoms with Gasteiger partial charge < -0.3 is 25.0 Å². The van der Waals surface area contributed by atoms with Gasteiger partial charge in [-0.2, -0.15) is 0 Å². The Hall–Kier alpha value is -2.64. The summed E-state index contributed by atoms with van der Waals surface area (Å²) in [6, 6.07) is 8.25. The van der Waals surface area contributed by atoms with Crippen LogP contribution in [0.4, 0.5) is 4.79 Å². The molecular weight excluding hydrogens is 418 g/mol. The molecule has 7 nitrogen and oxygen atoms in total. The molecule has 1 unspecified atom stereocenters. The Bertz CT molecular complexity index is 886. The molecule has 0 aliphatic heterocycles. The van der Waals surface area contributed by atoms with E-state index in [0.717, 1.165) is 24.1 Å². The van der Waals surface area contributed by atoms with Crippen molar-refractivity contribution in [3.8, 4) is 0 Å². The van der Waals surface area contributed by atoms with Gasteiger partial charge in [-0.1, -0.05) is 42.8 Å².